The molecule has 9 nitrogen and oxygen atoms in total. The minimum Gasteiger partial charge on any atom is -0.478 e. The van der Waals surface area contributed by atoms with Crippen molar-refractivity contribution in [3.05, 3.63) is 58.0 Å². The zero-order chi connectivity index (χ0) is 25.7. The maximum atomic E-state index is 11.8. The number of carbonyl (C=O) groups is 1. The molecule has 0 spiro atoms. The Morgan fingerprint density at radius 2 is 1.79 bits per heavy atom. The van der Waals surface area contributed by atoms with Gasteiger partial charge in [-0.25, -0.2) is 14.8 Å². The summed E-state index contributed by atoms with van der Waals surface area (Å²) in [6.45, 7) is 9.69. The number of hydrogen-bond acceptors (Lipinski definition) is 7. The van der Waals surface area contributed by atoms with E-state index < -0.39 is 29.2 Å². The van der Waals surface area contributed by atoms with Crippen LogP contribution in [0, 0.1) is 0 Å². The third kappa shape index (κ3) is 7.08. The zero-order valence-corrected chi connectivity index (χ0v) is 19.4. The Bertz CT molecular complexity index is 1010. The van der Waals surface area contributed by atoms with E-state index in [9.17, 15) is 22.8 Å². The number of carboxylic acids is 1. The second-order valence-corrected chi connectivity index (χ2v) is 7.77. The van der Waals surface area contributed by atoms with Crippen molar-refractivity contribution in [3.63, 3.8) is 0 Å². The molecule has 34 heavy (non-hydrogen) atoms. The molecule has 12 heteroatoms. The first-order valence-electron chi connectivity index (χ1n) is 10.7. The van der Waals surface area contributed by atoms with E-state index in [-0.39, 0.29) is 30.0 Å². The van der Waals surface area contributed by atoms with Crippen LogP contribution in [0.25, 0.3) is 0 Å². The van der Waals surface area contributed by atoms with Crippen molar-refractivity contribution in [3.8, 4) is 0 Å². The Hall–Kier alpha value is -2.83. The van der Waals surface area contributed by atoms with Crippen molar-refractivity contribution in [1.82, 2.24) is 15.0 Å². The highest BCUT2D eigenvalue weighted by atomic mass is 19.4. The van der Waals surface area contributed by atoms with E-state index >= 15 is 0 Å². The number of fused-ring (bicyclic) bond motifs is 1. The molecule has 0 bridgehead atoms. The van der Waals surface area contributed by atoms with E-state index in [1.165, 1.54) is 12.4 Å². The van der Waals surface area contributed by atoms with E-state index in [4.69, 9.17) is 19.3 Å². The summed E-state index contributed by atoms with van der Waals surface area (Å²) in [7, 11) is 0. The number of alkyl halides is 3. The predicted octanol–water partition coefficient (Wildman–Crippen LogP) is 3.96. The minimum absolute atomic E-state index is 0.0575. The average molecular weight is 487 g/mol. The summed E-state index contributed by atoms with van der Waals surface area (Å²) in [5.74, 6) is -1.19. The van der Waals surface area contributed by atoms with Crippen LogP contribution in [0.5, 0.6) is 0 Å². The summed E-state index contributed by atoms with van der Waals surface area (Å²) in [5, 5.41) is 8.86. The number of aromatic amines is 1. The van der Waals surface area contributed by atoms with Gasteiger partial charge in [0.1, 0.15) is 17.9 Å². The third-order valence-corrected chi connectivity index (χ3v) is 4.79. The smallest absolute Gasteiger partial charge is 0.431 e. The predicted molar refractivity (Wildman–Crippen MR) is 114 cm³/mol. The molecule has 0 saturated carbocycles. The number of ether oxygens (including phenoxy) is 3. The molecule has 2 aliphatic heterocycles. The normalized spacial score (nSPS) is 25.2. The fourth-order valence-corrected chi connectivity index (χ4v) is 3.44. The van der Waals surface area contributed by atoms with E-state index in [1.54, 1.807) is 4.98 Å². The van der Waals surface area contributed by atoms with Gasteiger partial charge in [0.05, 0.1) is 17.8 Å². The molecule has 4 rings (SSSR count). The molecule has 188 valence electrons. The number of carboxylic acid groups (broad SMARTS) is 1. The van der Waals surface area contributed by atoms with Gasteiger partial charge in [-0.2, -0.15) is 13.2 Å². The van der Waals surface area contributed by atoms with Crippen LogP contribution < -0.4 is 5.56 Å². The van der Waals surface area contributed by atoms with Crippen LogP contribution in [0.2, 0.25) is 0 Å². The average Bonchev–Trinajstić information content (AvgIpc) is 3.10. The quantitative estimate of drug-likeness (QED) is 0.652. The molecule has 4 atom stereocenters. The number of rotatable bonds is 2. The van der Waals surface area contributed by atoms with Crippen molar-refractivity contribution >= 4 is 5.97 Å². The maximum absolute atomic E-state index is 11.8. The minimum atomic E-state index is -4.47. The number of halogens is 3. The highest BCUT2D eigenvalue weighted by molar-refractivity contribution is 5.86. The SMILES string of the molecule is CC.CC1OC(c2ncc(C(=O)O)cn2)CC2OC(C)(C)OC12.O=c1cccc(C(F)(F)F)[nH]1. The third-order valence-electron chi connectivity index (χ3n) is 4.79. The standard InChI is InChI=1S/C14H18N2O5.C6H4F3NO.C2H6/c1-7-11-9(20-14(2,3)21-11)4-10(19-7)12-15-5-8(6-16-12)13(17)18;7-6(8,9)4-2-1-3-5(11)10-4;1-2/h5-7,9-11H,4H2,1-3H3,(H,17,18);1-3H,(H,10,11);1-2H3. The van der Waals surface area contributed by atoms with Gasteiger partial charge in [-0.15, -0.1) is 0 Å². The van der Waals surface area contributed by atoms with Gasteiger partial charge < -0.3 is 24.3 Å². The molecular weight excluding hydrogens is 459 g/mol. The van der Waals surface area contributed by atoms with Gasteiger partial charge >= 0.3 is 12.1 Å². The van der Waals surface area contributed by atoms with Crippen molar-refractivity contribution < 1.29 is 37.3 Å². The van der Waals surface area contributed by atoms with Gasteiger partial charge in [0.25, 0.3) is 0 Å². The van der Waals surface area contributed by atoms with E-state index in [1.807, 2.05) is 34.6 Å². The number of aromatic carboxylic acids is 1. The van der Waals surface area contributed by atoms with Crippen LogP contribution in [-0.2, 0) is 20.4 Å². The van der Waals surface area contributed by atoms with Crippen molar-refractivity contribution in [1.29, 1.82) is 0 Å². The van der Waals surface area contributed by atoms with Crippen LogP contribution in [0.3, 0.4) is 0 Å². The van der Waals surface area contributed by atoms with Crippen molar-refractivity contribution in [2.75, 3.05) is 0 Å². The molecule has 4 heterocycles. The lowest BCUT2D eigenvalue weighted by atomic mass is 9.98. The summed E-state index contributed by atoms with van der Waals surface area (Å²) >= 11 is 0. The first kappa shape index (κ1) is 27.4. The van der Waals surface area contributed by atoms with Crippen LogP contribution >= 0.6 is 0 Å². The second-order valence-electron chi connectivity index (χ2n) is 7.77. The lowest BCUT2D eigenvalue weighted by molar-refractivity contribution is -0.156. The Kier molecular flexibility index (Phi) is 8.92. The Balaban J connectivity index is 0.000000266. The molecule has 2 saturated heterocycles. The summed E-state index contributed by atoms with van der Waals surface area (Å²) in [5.41, 5.74) is -1.72. The number of hydrogen-bond donors (Lipinski definition) is 2. The van der Waals surface area contributed by atoms with E-state index in [0.29, 0.717) is 12.2 Å². The lowest BCUT2D eigenvalue weighted by Crippen LogP contribution is -2.42. The number of pyridine rings is 1. The van der Waals surface area contributed by atoms with Crippen LogP contribution in [0.15, 0.2) is 35.4 Å². The monoisotopic (exact) mass is 487 g/mol. The molecule has 0 radical (unpaired) electrons. The summed E-state index contributed by atoms with van der Waals surface area (Å²) in [6, 6.07) is 2.89. The molecule has 4 unspecified atom stereocenters. The van der Waals surface area contributed by atoms with Gasteiger partial charge in [-0.3, -0.25) is 4.79 Å². The number of aromatic nitrogens is 3. The Morgan fingerprint density at radius 1 is 1.18 bits per heavy atom. The Morgan fingerprint density at radius 3 is 2.29 bits per heavy atom. The molecule has 2 aromatic heterocycles. The summed E-state index contributed by atoms with van der Waals surface area (Å²) < 4.78 is 53.0. The summed E-state index contributed by atoms with van der Waals surface area (Å²) in [6.07, 6.45) is -1.93. The van der Waals surface area contributed by atoms with Gasteiger partial charge in [-0.1, -0.05) is 19.9 Å². The molecule has 0 aliphatic carbocycles. The number of nitrogens with zero attached hydrogens (tertiary/aromatic N) is 2. The second kappa shape index (κ2) is 11.1. The van der Waals surface area contributed by atoms with Gasteiger partial charge in [0, 0.05) is 24.9 Å². The largest absolute Gasteiger partial charge is 0.478 e. The first-order valence-corrected chi connectivity index (χ1v) is 10.7. The van der Waals surface area contributed by atoms with Crippen LogP contribution in [-0.4, -0.2) is 50.1 Å². The molecule has 0 amide bonds. The highest BCUT2D eigenvalue weighted by Crippen LogP contribution is 2.40. The van der Waals surface area contributed by atoms with Crippen molar-refractivity contribution in [2.45, 2.75) is 77.4 Å². The topological polar surface area (TPSA) is 124 Å². The molecule has 2 N–H and O–H groups in total. The van der Waals surface area contributed by atoms with Crippen molar-refractivity contribution in [2.24, 2.45) is 0 Å². The van der Waals surface area contributed by atoms with Gasteiger partial charge in [0.15, 0.2) is 11.6 Å². The van der Waals surface area contributed by atoms with Crippen LogP contribution in [0.4, 0.5) is 13.2 Å². The highest BCUT2D eigenvalue weighted by Gasteiger charge is 2.49. The number of H-pyrrole nitrogens is 1. The lowest BCUT2D eigenvalue weighted by Gasteiger charge is -2.34. The van der Waals surface area contributed by atoms with Crippen LogP contribution in [0.1, 0.15) is 69.0 Å². The molecule has 2 aromatic rings. The van der Waals surface area contributed by atoms with E-state index in [0.717, 1.165) is 18.2 Å². The fraction of sp³-hybridized carbons (Fsp3) is 0.545. The first-order chi connectivity index (χ1) is 15.9. The number of nitrogens with one attached hydrogen (secondary N) is 1. The molecule has 2 aliphatic rings. The molecule has 2 fully saturated rings. The maximum Gasteiger partial charge on any atom is 0.431 e. The molecular formula is C22H28F3N3O6. The zero-order valence-electron chi connectivity index (χ0n) is 19.4. The molecule has 0 aromatic carbocycles. The summed E-state index contributed by atoms with van der Waals surface area (Å²) in [4.78, 5) is 31.1. The van der Waals surface area contributed by atoms with Gasteiger partial charge in [0.2, 0.25) is 5.56 Å². The van der Waals surface area contributed by atoms with E-state index in [2.05, 4.69) is 9.97 Å². The van der Waals surface area contributed by atoms with Gasteiger partial charge in [-0.05, 0) is 26.8 Å². The Labute approximate surface area is 194 Å². The fourth-order valence-electron chi connectivity index (χ4n) is 3.44.